The molecule has 3 aromatic rings. The van der Waals surface area contributed by atoms with Crippen molar-refractivity contribution in [2.45, 2.75) is 32.4 Å². The van der Waals surface area contributed by atoms with Crippen molar-refractivity contribution in [2.75, 3.05) is 13.2 Å². The molecule has 1 aliphatic heterocycles. The van der Waals surface area contributed by atoms with Gasteiger partial charge in [0.15, 0.2) is 11.9 Å². The average molecular weight is 365 g/mol. The van der Waals surface area contributed by atoms with E-state index in [9.17, 15) is 0 Å². The molecule has 0 bridgehead atoms. The maximum atomic E-state index is 5.83. The van der Waals surface area contributed by atoms with Crippen LogP contribution in [-0.2, 0) is 4.74 Å². The van der Waals surface area contributed by atoms with E-state index in [1.165, 1.54) is 0 Å². The molecule has 3 aromatic heterocycles. The first-order valence-corrected chi connectivity index (χ1v) is 8.36. The van der Waals surface area contributed by atoms with Crippen LogP contribution < -0.4 is 4.74 Å². The lowest BCUT2D eigenvalue weighted by molar-refractivity contribution is -0.0370. The molecule has 0 aromatic carbocycles. The van der Waals surface area contributed by atoms with Gasteiger partial charge in [-0.1, -0.05) is 0 Å². The summed E-state index contributed by atoms with van der Waals surface area (Å²) in [6, 6.07) is 1.97. The third-order valence-electron chi connectivity index (χ3n) is 3.94. The average Bonchev–Trinajstić information content (AvgIpc) is 3.06. The topological polar surface area (TPSA) is 53.6 Å². The Morgan fingerprint density at radius 3 is 3.14 bits per heavy atom. The van der Waals surface area contributed by atoms with Crippen LogP contribution in [0.15, 0.2) is 22.9 Å². The van der Waals surface area contributed by atoms with Crippen LogP contribution in [0, 0.1) is 0 Å². The highest BCUT2D eigenvalue weighted by Gasteiger charge is 2.22. The predicted molar refractivity (Wildman–Crippen MR) is 86.2 cm³/mol. The van der Waals surface area contributed by atoms with Crippen LogP contribution in [0.2, 0.25) is 0 Å². The Kier molecular flexibility index (Phi) is 3.54. The van der Waals surface area contributed by atoms with Gasteiger partial charge in [0.25, 0.3) is 0 Å². The van der Waals surface area contributed by atoms with Crippen molar-refractivity contribution in [1.29, 1.82) is 0 Å². The summed E-state index contributed by atoms with van der Waals surface area (Å²) in [6.07, 6.45) is 7.01. The van der Waals surface area contributed by atoms with Crippen LogP contribution in [0.3, 0.4) is 0 Å². The van der Waals surface area contributed by atoms with E-state index in [2.05, 4.69) is 26.1 Å². The fourth-order valence-electron chi connectivity index (χ4n) is 2.95. The van der Waals surface area contributed by atoms with Crippen molar-refractivity contribution in [2.24, 2.45) is 0 Å². The van der Waals surface area contributed by atoms with Gasteiger partial charge in [-0.2, -0.15) is 5.10 Å². The summed E-state index contributed by atoms with van der Waals surface area (Å²) in [5.74, 6) is 0.792. The van der Waals surface area contributed by atoms with E-state index in [0.29, 0.717) is 6.61 Å². The van der Waals surface area contributed by atoms with E-state index >= 15 is 0 Å². The molecule has 0 spiro atoms. The number of halogens is 1. The standard InChI is InChI=1S/C15H17BrN4O2/c1-2-21-10-7-12(16)14-11-8-17-20(13-5-3-4-6-22-13)15(11)18-19(14)9-10/h7-9,13H,2-6H2,1H3. The van der Waals surface area contributed by atoms with Crippen molar-refractivity contribution in [1.82, 2.24) is 19.4 Å². The molecule has 1 unspecified atom stereocenters. The van der Waals surface area contributed by atoms with Crippen LogP contribution in [0.4, 0.5) is 0 Å². The quantitative estimate of drug-likeness (QED) is 0.713. The maximum absolute atomic E-state index is 5.83. The molecule has 4 heterocycles. The Bertz CT molecular complexity index is 820. The number of ether oxygens (including phenoxy) is 2. The minimum absolute atomic E-state index is 0.0127. The van der Waals surface area contributed by atoms with E-state index in [0.717, 1.165) is 52.6 Å². The largest absolute Gasteiger partial charge is 0.492 e. The Morgan fingerprint density at radius 2 is 2.36 bits per heavy atom. The zero-order valence-electron chi connectivity index (χ0n) is 12.3. The monoisotopic (exact) mass is 364 g/mol. The van der Waals surface area contributed by atoms with Gasteiger partial charge in [-0.05, 0) is 48.2 Å². The molecule has 0 N–H and O–H groups in total. The van der Waals surface area contributed by atoms with Crippen molar-refractivity contribution in [3.05, 3.63) is 22.9 Å². The minimum Gasteiger partial charge on any atom is -0.492 e. The lowest BCUT2D eigenvalue weighted by atomic mass is 10.2. The highest BCUT2D eigenvalue weighted by atomic mass is 79.9. The molecule has 4 rings (SSSR count). The second-order valence-electron chi connectivity index (χ2n) is 5.40. The van der Waals surface area contributed by atoms with E-state index in [1.807, 2.05) is 34.6 Å². The van der Waals surface area contributed by atoms with Gasteiger partial charge < -0.3 is 9.47 Å². The molecule has 1 fully saturated rings. The predicted octanol–water partition coefficient (Wildman–Crippen LogP) is 3.54. The fourth-order valence-corrected chi connectivity index (χ4v) is 3.57. The number of aromatic nitrogens is 4. The van der Waals surface area contributed by atoms with Gasteiger partial charge in [0.05, 0.1) is 29.9 Å². The third-order valence-corrected chi connectivity index (χ3v) is 4.54. The minimum atomic E-state index is -0.0127. The number of pyridine rings is 1. The molecule has 0 aliphatic carbocycles. The molecule has 22 heavy (non-hydrogen) atoms. The Balaban J connectivity index is 1.86. The van der Waals surface area contributed by atoms with Gasteiger partial charge in [-0.3, -0.25) is 0 Å². The molecular weight excluding hydrogens is 348 g/mol. The normalized spacial score (nSPS) is 19.1. The van der Waals surface area contributed by atoms with Gasteiger partial charge >= 0.3 is 0 Å². The molecule has 0 saturated carbocycles. The first kappa shape index (κ1) is 14.0. The van der Waals surface area contributed by atoms with Crippen LogP contribution >= 0.6 is 15.9 Å². The van der Waals surface area contributed by atoms with Gasteiger partial charge in [-0.15, -0.1) is 5.10 Å². The lowest BCUT2D eigenvalue weighted by Crippen LogP contribution is -2.19. The highest BCUT2D eigenvalue weighted by molar-refractivity contribution is 9.10. The summed E-state index contributed by atoms with van der Waals surface area (Å²) >= 11 is 3.61. The van der Waals surface area contributed by atoms with Gasteiger partial charge in [-0.25, -0.2) is 9.20 Å². The second kappa shape index (κ2) is 5.55. The van der Waals surface area contributed by atoms with Gasteiger partial charge in [0.1, 0.15) is 5.75 Å². The summed E-state index contributed by atoms with van der Waals surface area (Å²) in [6.45, 7) is 3.38. The summed E-state index contributed by atoms with van der Waals surface area (Å²) in [5.41, 5.74) is 1.85. The molecule has 1 atom stereocenters. The summed E-state index contributed by atoms with van der Waals surface area (Å²) < 4.78 is 16.1. The molecule has 6 nitrogen and oxygen atoms in total. The summed E-state index contributed by atoms with van der Waals surface area (Å²) in [4.78, 5) is 0. The molecule has 0 radical (unpaired) electrons. The van der Waals surface area contributed by atoms with Gasteiger partial charge in [0, 0.05) is 11.1 Å². The second-order valence-corrected chi connectivity index (χ2v) is 6.25. The lowest BCUT2D eigenvalue weighted by Gasteiger charge is -2.22. The van der Waals surface area contributed by atoms with E-state index < -0.39 is 0 Å². The highest BCUT2D eigenvalue weighted by Crippen LogP contribution is 2.32. The molecule has 116 valence electrons. The Morgan fingerprint density at radius 1 is 1.45 bits per heavy atom. The van der Waals surface area contributed by atoms with Crippen molar-refractivity contribution in [3.63, 3.8) is 0 Å². The van der Waals surface area contributed by atoms with Crippen molar-refractivity contribution >= 4 is 32.5 Å². The zero-order chi connectivity index (χ0) is 15.1. The summed E-state index contributed by atoms with van der Waals surface area (Å²) in [5, 5.41) is 10.2. The van der Waals surface area contributed by atoms with E-state index in [1.54, 1.807) is 0 Å². The molecule has 0 amide bonds. The van der Waals surface area contributed by atoms with Crippen molar-refractivity contribution in [3.8, 4) is 5.75 Å². The van der Waals surface area contributed by atoms with E-state index in [4.69, 9.17) is 9.47 Å². The molecular formula is C15H17BrN4O2. The van der Waals surface area contributed by atoms with Crippen LogP contribution in [0.25, 0.3) is 16.6 Å². The first-order chi connectivity index (χ1) is 10.8. The Hall–Kier alpha value is -1.60. The number of fused-ring (bicyclic) bond motifs is 3. The number of nitrogens with zero attached hydrogens (tertiary/aromatic N) is 4. The maximum Gasteiger partial charge on any atom is 0.183 e. The van der Waals surface area contributed by atoms with Crippen LogP contribution in [0.5, 0.6) is 5.75 Å². The van der Waals surface area contributed by atoms with Crippen LogP contribution in [0.1, 0.15) is 32.4 Å². The third kappa shape index (κ3) is 2.19. The molecule has 1 saturated heterocycles. The fraction of sp³-hybridized carbons (Fsp3) is 0.467. The number of hydrogen-bond donors (Lipinski definition) is 0. The smallest absolute Gasteiger partial charge is 0.183 e. The first-order valence-electron chi connectivity index (χ1n) is 7.57. The molecule has 1 aliphatic rings. The van der Waals surface area contributed by atoms with Gasteiger partial charge in [0.2, 0.25) is 0 Å². The van der Waals surface area contributed by atoms with Crippen LogP contribution in [-0.4, -0.2) is 32.6 Å². The van der Waals surface area contributed by atoms with E-state index in [-0.39, 0.29) is 6.23 Å². The Labute approximate surface area is 136 Å². The zero-order valence-corrected chi connectivity index (χ0v) is 13.9. The number of rotatable bonds is 3. The molecule has 7 heteroatoms. The summed E-state index contributed by atoms with van der Waals surface area (Å²) in [7, 11) is 0. The number of hydrogen-bond acceptors (Lipinski definition) is 4. The van der Waals surface area contributed by atoms with Crippen molar-refractivity contribution < 1.29 is 9.47 Å². The SMILES string of the molecule is CCOc1cc(Br)c2c3cnn(C4CCCCO4)c3nn2c1.